The molecule has 1 saturated heterocycles. The maximum atomic E-state index is 13.3. The summed E-state index contributed by atoms with van der Waals surface area (Å²) in [5.74, 6) is -0.391. The summed E-state index contributed by atoms with van der Waals surface area (Å²) in [5, 5.41) is 13.6. The number of aromatic nitrogens is 1. The van der Waals surface area contributed by atoms with E-state index in [1.807, 2.05) is 30.3 Å². The third kappa shape index (κ3) is 4.87. The third-order valence-corrected chi connectivity index (χ3v) is 5.76. The number of halogens is 1. The lowest BCUT2D eigenvalue weighted by Gasteiger charge is -2.32. The standard InChI is InChI=1S/C24H25FN4O/c25-19-6-5-18-14-22(28-24(30)23(18)15-19)2-1-11-29-12-9-21(10-13-29)27-20-7-3-17(16-26)4-8-20/h3-8,14-15,21,27H,1-2,9-13H2,(H,28,30). The maximum Gasteiger partial charge on any atom is 0.256 e. The SMILES string of the molecule is N#Cc1ccc(NC2CCN(CCCc3cc4ccc(F)cc4c(=O)[nH]3)CC2)cc1. The molecule has 0 radical (unpaired) electrons. The first kappa shape index (κ1) is 20.1. The van der Waals surface area contributed by atoms with Crippen LogP contribution < -0.4 is 10.9 Å². The van der Waals surface area contributed by atoms with Crippen molar-refractivity contribution >= 4 is 16.5 Å². The molecule has 2 N–H and O–H groups in total. The molecule has 5 nitrogen and oxygen atoms in total. The van der Waals surface area contributed by atoms with Gasteiger partial charge >= 0.3 is 0 Å². The van der Waals surface area contributed by atoms with Crippen LogP contribution in [0.4, 0.5) is 10.1 Å². The van der Waals surface area contributed by atoms with Gasteiger partial charge in [-0.25, -0.2) is 4.39 Å². The molecular formula is C24H25FN4O. The number of nitrogens with one attached hydrogen (secondary N) is 2. The van der Waals surface area contributed by atoms with Gasteiger partial charge in [0.25, 0.3) is 5.56 Å². The Kier molecular flexibility index (Phi) is 6.10. The van der Waals surface area contributed by atoms with Gasteiger partial charge < -0.3 is 15.2 Å². The molecule has 1 aliphatic rings. The number of likely N-dealkylation sites (tertiary alicyclic amines) is 1. The van der Waals surface area contributed by atoms with Crippen molar-refractivity contribution in [2.75, 3.05) is 25.0 Å². The van der Waals surface area contributed by atoms with Crippen LogP contribution in [-0.2, 0) is 6.42 Å². The Morgan fingerprint density at radius 3 is 2.63 bits per heavy atom. The van der Waals surface area contributed by atoms with Crippen molar-refractivity contribution in [1.82, 2.24) is 9.88 Å². The van der Waals surface area contributed by atoms with Gasteiger partial charge in [0, 0.05) is 35.9 Å². The number of nitrogens with zero attached hydrogens (tertiary/aromatic N) is 2. The molecule has 2 aromatic carbocycles. The van der Waals surface area contributed by atoms with Gasteiger partial charge in [0.15, 0.2) is 0 Å². The summed E-state index contributed by atoms with van der Waals surface area (Å²) in [6.45, 7) is 3.08. The lowest BCUT2D eigenvalue weighted by Crippen LogP contribution is -2.39. The average Bonchev–Trinajstić information content (AvgIpc) is 2.76. The first-order valence-electron chi connectivity index (χ1n) is 10.4. The summed E-state index contributed by atoms with van der Waals surface area (Å²) in [5.41, 5.74) is 2.41. The molecule has 0 aliphatic carbocycles. The number of fused-ring (bicyclic) bond motifs is 1. The number of hydrogen-bond donors (Lipinski definition) is 2. The lowest BCUT2D eigenvalue weighted by atomic mass is 10.0. The summed E-state index contributed by atoms with van der Waals surface area (Å²) in [7, 11) is 0. The fourth-order valence-corrected chi connectivity index (χ4v) is 4.09. The number of pyridine rings is 1. The molecule has 154 valence electrons. The highest BCUT2D eigenvalue weighted by atomic mass is 19.1. The number of aromatic amines is 1. The molecule has 0 unspecified atom stereocenters. The van der Waals surface area contributed by atoms with Gasteiger partial charge in [0.05, 0.1) is 11.6 Å². The van der Waals surface area contributed by atoms with Crippen molar-refractivity contribution in [3.8, 4) is 6.07 Å². The predicted molar refractivity (Wildman–Crippen MR) is 117 cm³/mol. The zero-order valence-electron chi connectivity index (χ0n) is 16.8. The largest absolute Gasteiger partial charge is 0.382 e. The summed E-state index contributed by atoms with van der Waals surface area (Å²) in [4.78, 5) is 17.5. The smallest absolute Gasteiger partial charge is 0.256 e. The lowest BCUT2D eigenvalue weighted by molar-refractivity contribution is 0.217. The minimum absolute atomic E-state index is 0.225. The molecule has 1 aliphatic heterocycles. The van der Waals surface area contributed by atoms with E-state index in [0.717, 1.165) is 62.1 Å². The Balaban J connectivity index is 1.24. The summed E-state index contributed by atoms with van der Waals surface area (Å²) < 4.78 is 13.3. The highest BCUT2D eigenvalue weighted by Gasteiger charge is 2.18. The van der Waals surface area contributed by atoms with Crippen molar-refractivity contribution in [2.24, 2.45) is 0 Å². The van der Waals surface area contributed by atoms with Crippen LogP contribution in [-0.4, -0.2) is 35.6 Å². The van der Waals surface area contributed by atoms with Gasteiger partial charge in [-0.05, 0) is 80.1 Å². The Bertz CT molecular complexity index is 1110. The van der Waals surface area contributed by atoms with Crippen LogP contribution in [0.5, 0.6) is 0 Å². The fourth-order valence-electron chi connectivity index (χ4n) is 4.09. The first-order valence-corrected chi connectivity index (χ1v) is 10.4. The third-order valence-electron chi connectivity index (χ3n) is 5.76. The highest BCUT2D eigenvalue weighted by Crippen LogP contribution is 2.18. The number of nitriles is 1. The highest BCUT2D eigenvalue weighted by molar-refractivity contribution is 5.81. The fraction of sp³-hybridized carbons (Fsp3) is 0.333. The number of piperidine rings is 1. The van der Waals surface area contributed by atoms with Crippen LogP contribution in [0.2, 0.25) is 0 Å². The van der Waals surface area contributed by atoms with E-state index in [2.05, 4.69) is 21.3 Å². The van der Waals surface area contributed by atoms with E-state index in [1.165, 1.54) is 12.1 Å². The second-order valence-electron chi connectivity index (χ2n) is 7.91. The van der Waals surface area contributed by atoms with Gasteiger partial charge in [-0.15, -0.1) is 0 Å². The molecule has 6 heteroatoms. The maximum absolute atomic E-state index is 13.3. The molecule has 3 aromatic rings. The van der Waals surface area contributed by atoms with Crippen LogP contribution in [0, 0.1) is 17.1 Å². The zero-order chi connectivity index (χ0) is 20.9. The predicted octanol–water partition coefficient (Wildman–Crippen LogP) is 4.05. The monoisotopic (exact) mass is 404 g/mol. The van der Waals surface area contributed by atoms with Crippen LogP contribution >= 0.6 is 0 Å². The van der Waals surface area contributed by atoms with Gasteiger partial charge in [0.1, 0.15) is 5.82 Å². The van der Waals surface area contributed by atoms with Gasteiger partial charge in [-0.1, -0.05) is 6.07 Å². The van der Waals surface area contributed by atoms with Crippen molar-refractivity contribution < 1.29 is 4.39 Å². The van der Waals surface area contributed by atoms with Crippen molar-refractivity contribution in [2.45, 2.75) is 31.7 Å². The Labute approximate surface area is 175 Å². The molecule has 1 aromatic heterocycles. The molecule has 0 spiro atoms. The van der Waals surface area contributed by atoms with E-state index >= 15 is 0 Å². The number of H-pyrrole nitrogens is 1. The summed E-state index contributed by atoms with van der Waals surface area (Å²) >= 11 is 0. The van der Waals surface area contributed by atoms with Crippen molar-refractivity contribution in [1.29, 1.82) is 5.26 Å². The van der Waals surface area contributed by atoms with Gasteiger partial charge in [-0.3, -0.25) is 4.79 Å². The van der Waals surface area contributed by atoms with Crippen LogP contribution in [0.15, 0.2) is 53.3 Å². The molecule has 0 saturated carbocycles. The Morgan fingerprint density at radius 2 is 1.90 bits per heavy atom. The molecular weight excluding hydrogens is 379 g/mol. The Morgan fingerprint density at radius 1 is 1.13 bits per heavy atom. The van der Waals surface area contributed by atoms with Crippen molar-refractivity contribution in [3.05, 3.63) is 76.0 Å². The Hall–Kier alpha value is -3.17. The van der Waals surface area contributed by atoms with E-state index in [0.29, 0.717) is 17.0 Å². The van der Waals surface area contributed by atoms with E-state index in [1.54, 1.807) is 6.07 Å². The number of hydrogen-bond acceptors (Lipinski definition) is 4. The van der Waals surface area contributed by atoms with E-state index in [9.17, 15) is 9.18 Å². The zero-order valence-corrected chi connectivity index (χ0v) is 16.8. The number of rotatable bonds is 6. The molecule has 0 atom stereocenters. The number of aryl methyl sites for hydroxylation is 1. The summed E-state index contributed by atoms with van der Waals surface area (Å²) in [6, 6.07) is 16.5. The molecule has 1 fully saturated rings. The minimum atomic E-state index is -0.391. The average molecular weight is 404 g/mol. The van der Waals surface area contributed by atoms with Crippen LogP contribution in [0.25, 0.3) is 10.8 Å². The van der Waals surface area contributed by atoms with Gasteiger partial charge in [-0.2, -0.15) is 5.26 Å². The second-order valence-corrected chi connectivity index (χ2v) is 7.91. The van der Waals surface area contributed by atoms with Crippen LogP contribution in [0.3, 0.4) is 0 Å². The molecule has 0 amide bonds. The van der Waals surface area contributed by atoms with Crippen LogP contribution in [0.1, 0.15) is 30.5 Å². The normalized spacial score (nSPS) is 15.2. The molecule has 0 bridgehead atoms. The molecule has 4 rings (SSSR count). The second kappa shape index (κ2) is 9.10. The number of anilines is 1. The minimum Gasteiger partial charge on any atom is -0.382 e. The van der Waals surface area contributed by atoms with E-state index in [-0.39, 0.29) is 5.56 Å². The topological polar surface area (TPSA) is 71.9 Å². The van der Waals surface area contributed by atoms with Crippen molar-refractivity contribution in [3.63, 3.8) is 0 Å². The molecule has 2 heterocycles. The number of benzene rings is 2. The van der Waals surface area contributed by atoms with Gasteiger partial charge in [0.2, 0.25) is 0 Å². The first-order chi connectivity index (χ1) is 14.6. The van der Waals surface area contributed by atoms with E-state index < -0.39 is 5.82 Å². The molecule has 30 heavy (non-hydrogen) atoms. The summed E-state index contributed by atoms with van der Waals surface area (Å²) in [6.07, 6.45) is 3.93. The van der Waals surface area contributed by atoms with E-state index in [4.69, 9.17) is 5.26 Å². The quantitative estimate of drug-likeness (QED) is 0.650.